The zero-order chi connectivity index (χ0) is 8.27. The molecule has 0 atom stereocenters. The lowest BCUT2D eigenvalue weighted by molar-refractivity contribution is 0.0963. The molecular weight excluding hydrogens is 144 g/mol. The van der Waals surface area contributed by atoms with Crippen LogP contribution in [0.4, 0.5) is 0 Å². The summed E-state index contributed by atoms with van der Waals surface area (Å²) in [6.07, 6.45) is 3.11. The Bertz CT molecular complexity index is 203. The molecule has 0 aromatic carbocycles. The summed E-state index contributed by atoms with van der Waals surface area (Å²) >= 11 is 0. The van der Waals surface area contributed by atoms with Crippen molar-refractivity contribution in [1.82, 2.24) is 0 Å². The van der Waals surface area contributed by atoms with E-state index in [9.17, 15) is 5.11 Å². The van der Waals surface area contributed by atoms with Crippen molar-refractivity contribution in [2.75, 3.05) is 6.61 Å². The summed E-state index contributed by atoms with van der Waals surface area (Å²) < 4.78 is 4.83. The van der Waals surface area contributed by atoms with Crippen molar-refractivity contribution < 1.29 is 14.9 Å². The largest absolute Gasteiger partial charge is 0.508 e. The molecule has 0 unspecified atom stereocenters. The van der Waals surface area contributed by atoms with Gasteiger partial charge in [-0.05, 0) is 25.8 Å². The molecule has 1 aliphatic rings. The summed E-state index contributed by atoms with van der Waals surface area (Å²) in [6.45, 7) is 2.20. The molecule has 3 heteroatoms. The number of hydrogen-bond donors (Lipinski definition) is 2. The van der Waals surface area contributed by atoms with Gasteiger partial charge in [0.2, 0.25) is 0 Å². The van der Waals surface area contributed by atoms with Crippen LogP contribution in [0.15, 0.2) is 23.4 Å². The number of rotatable bonds is 2. The van der Waals surface area contributed by atoms with Crippen LogP contribution in [0, 0.1) is 0 Å². The first-order chi connectivity index (χ1) is 5.25. The highest BCUT2D eigenvalue weighted by molar-refractivity contribution is 5.30. The van der Waals surface area contributed by atoms with Gasteiger partial charge < -0.3 is 14.9 Å². The predicted octanol–water partition coefficient (Wildman–Crippen LogP) is 2.03. The lowest BCUT2D eigenvalue weighted by Gasteiger charge is -2.04. The van der Waals surface area contributed by atoms with E-state index in [4.69, 9.17) is 9.84 Å². The lowest BCUT2D eigenvalue weighted by atomic mass is 10.2. The summed E-state index contributed by atoms with van der Waals surface area (Å²) in [4.78, 5) is 0. The average molecular weight is 156 g/mol. The molecular formula is C8H12O3. The summed E-state index contributed by atoms with van der Waals surface area (Å²) in [5.74, 6) is 0.00898. The Morgan fingerprint density at radius 1 is 1.73 bits per heavy atom. The van der Waals surface area contributed by atoms with E-state index < -0.39 is 0 Å². The first-order valence-electron chi connectivity index (χ1n) is 3.70. The predicted molar refractivity (Wildman–Crippen MR) is 41.2 cm³/mol. The van der Waals surface area contributed by atoms with Gasteiger partial charge in [-0.2, -0.15) is 0 Å². The molecule has 1 rings (SSSR count). The maximum Gasteiger partial charge on any atom is 0.283 e. The van der Waals surface area contributed by atoms with E-state index >= 15 is 0 Å². The van der Waals surface area contributed by atoms with Crippen molar-refractivity contribution >= 4 is 0 Å². The second kappa shape index (κ2) is 3.32. The molecule has 0 saturated carbocycles. The standard InChI is InChI=1S/C8H12O3/c1-2-11-8(10)6-4-3-5-7(6)9/h5,9-10H,2-4H2,1H3. The highest BCUT2D eigenvalue weighted by Crippen LogP contribution is 2.25. The molecule has 1 aliphatic carbocycles. The van der Waals surface area contributed by atoms with Gasteiger partial charge in [0.15, 0.2) is 0 Å². The third-order valence-corrected chi connectivity index (χ3v) is 1.58. The van der Waals surface area contributed by atoms with Crippen LogP contribution in [-0.4, -0.2) is 16.8 Å². The van der Waals surface area contributed by atoms with Gasteiger partial charge in [-0.3, -0.25) is 0 Å². The molecule has 3 nitrogen and oxygen atoms in total. The minimum absolute atomic E-state index is 0.140. The number of allylic oxidation sites excluding steroid dienone is 2. The van der Waals surface area contributed by atoms with Crippen molar-refractivity contribution in [1.29, 1.82) is 0 Å². The van der Waals surface area contributed by atoms with Crippen molar-refractivity contribution in [2.45, 2.75) is 19.8 Å². The van der Waals surface area contributed by atoms with Crippen LogP contribution < -0.4 is 0 Å². The topological polar surface area (TPSA) is 49.7 Å². The number of aliphatic hydroxyl groups is 2. The first kappa shape index (κ1) is 7.98. The van der Waals surface area contributed by atoms with Crippen LogP contribution >= 0.6 is 0 Å². The van der Waals surface area contributed by atoms with Crippen LogP contribution in [-0.2, 0) is 4.74 Å². The van der Waals surface area contributed by atoms with E-state index in [2.05, 4.69) is 0 Å². The lowest BCUT2D eigenvalue weighted by Crippen LogP contribution is -1.96. The fourth-order valence-electron chi connectivity index (χ4n) is 1.04. The quantitative estimate of drug-likeness (QED) is 0.601. The van der Waals surface area contributed by atoms with Crippen LogP contribution in [0.25, 0.3) is 0 Å². The van der Waals surface area contributed by atoms with Gasteiger partial charge in [-0.25, -0.2) is 0 Å². The maximum atomic E-state index is 9.18. The molecule has 0 bridgehead atoms. The van der Waals surface area contributed by atoms with Crippen LogP contribution in [0.5, 0.6) is 0 Å². The van der Waals surface area contributed by atoms with E-state index in [1.807, 2.05) is 0 Å². The summed E-state index contributed by atoms with van der Waals surface area (Å²) in [6, 6.07) is 0. The first-order valence-corrected chi connectivity index (χ1v) is 3.70. The van der Waals surface area contributed by atoms with Gasteiger partial charge in [-0.15, -0.1) is 0 Å². The highest BCUT2D eigenvalue weighted by atomic mass is 16.6. The van der Waals surface area contributed by atoms with E-state index in [1.165, 1.54) is 0 Å². The fourth-order valence-corrected chi connectivity index (χ4v) is 1.04. The third-order valence-electron chi connectivity index (χ3n) is 1.58. The smallest absolute Gasteiger partial charge is 0.283 e. The van der Waals surface area contributed by atoms with Crippen molar-refractivity contribution in [3.8, 4) is 0 Å². The minimum Gasteiger partial charge on any atom is -0.508 e. The average Bonchev–Trinajstić information content (AvgIpc) is 2.36. The second-order valence-corrected chi connectivity index (χ2v) is 2.34. The van der Waals surface area contributed by atoms with Gasteiger partial charge in [0.05, 0.1) is 12.2 Å². The Balaban J connectivity index is 2.70. The normalized spacial score (nSPS) is 21.4. The molecule has 0 fully saturated rings. The zero-order valence-corrected chi connectivity index (χ0v) is 6.50. The van der Waals surface area contributed by atoms with Crippen molar-refractivity contribution in [2.24, 2.45) is 0 Å². The molecule has 0 saturated heterocycles. The summed E-state index contributed by atoms with van der Waals surface area (Å²) in [5.41, 5.74) is 0.520. The Morgan fingerprint density at radius 3 is 2.91 bits per heavy atom. The molecule has 0 heterocycles. The van der Waals surface area contributed by atoms with Crippen LogP contribution in [0.3, 0.4) is 0 Å². The maximum absolute atomic E-state index is 9.18. The molecule has 0 radical (unpaired) electrons. The van der Waals surface area contributed by atoms with Gasteiger partial charge in [-0.1, -0.05) is 0 Å². The Morgan fingerprint density at radius 2 is 2.45 bits per heavy atom. The molecule has 0 aliphatic heterocycles. The number of ether oxygens (including phenoxy) is 1. The van der Waals surface area contributed by atoms with Gasteiger partial charge in [0, 0.05) is 0 Å². The Hall–Kier alpha value is -1.12. The second-order valence-electron chi connectivity index (χ2n) is 2.34. The molecule has 2 N–H and O–H groups in total. The van der Waals surface area contributed by atoms with E-state index in [1.54, 1.807) is 13.0 Å². The van der Waals surface area contributed by atoms with Gasteiger partial charge >= 0.3 is 0 Å². The Kier molecular flexibility index (Phi) is 2.41. The zero-order valence-electron chi connectivity index (χ0n) is 6.50. The Labute approximate surface area is 65.6 Å². The molecule has 11 heavy (non-hydrogen) atoms. The van der Waals surface area contributed by atoms with Gasteiger partial charge in [0.1, 0.15) is 5.76 Å². The molecule has 0 spiro atoms. The number of aliphatic hydroxyl groups excluding tert-OH is 2. The van der Waals surface area contributed by atoms with E-state index in [0.29, 0.717) is 18.6 Å². The van der Waals surface area contributed by atoms with Crippen LogP contribution in [0.1, 0.15) is 19.8 Å². The number of hydrogen-bond acceptors (Lipinski definition) is 3. The van der Waals surface area contributed by atoms with Crippen LogP contribution in [0.2, 0.25) is 0 Å². The van der Waals surface area contributed by atoms with E-state index in [-0.39, 0.29) is 11.7 Å². The third kappa shape index (κ3) is 1.67. The minimum atomic E-state index is -0.140. The molecule has 0 aromatic rings. The van der Waals surface area contributed by atoms with E-state index in [0.717, 1.165) is 6.42 Å². The summed E-state index contributed by atoms with van der Waals surface area (Å²) in [7, 11) is 0. The highest BCUT2D eigenvalue weighted by Gasteiger charge is 2.15. The monoisotopic (exact) mass is 156 g/mol. The van der Waals surface area contributed by atoms with Crippen molar-refractivity contribution in [3.05, 3.63) is 23.4 Å². The van der Waals surface area contributed by atoms with Crippen molar-refractivity contribution in [3.63, 3.8) is 0 Å². The van der Waals surface area contributed by atoms with Gasteiger partial charge in [0.25, 0.3) is 5.95 Å². The SMILES string of the molecule is CCOC(O)=C1CCC=C1O. The molecule has 0 aromatic heterocycles. The molecule has 62 valence electrons. The molecule has 0 amide bonds. The summed E-state index contributed by atoms with van der Waals surface area (Å²) in [5, 5.41) is 18.3. The fraction of sp³-hybridized carbons (Fsp3) is 0.500.